The molecule has 0 unspecified atom stereocenters. The third-order valence-corrected chi connectivity index (χ3v) is 4.45. The molecule has 6 heteroatoms. The molecule has 2 aromatic carbocycles. The molecular formula is C22H24N2O4. The predicted octanol–water partition coefficient (Wildman–Crippen LogP) is 4.52. The lowest BCUT2D eigenvalue weighted by Gasteiger charge is -2.16. The van der Waals surface area contributed by atoms with E-state index >= 15 is 0 Å². The molecule has 1 aromatic heterocycles. The molecule has 0 aliphatic heterocycles. The predicted molar refractivity (Wildman–Crippen MR) is 110 cm³/mol. The fraction of sp³-hybridized carbons (Fsp3) is 0.273. The zero-order valence-electron chi connectivity index (χ0n) is 16.7. The third-order valence-electron chi connectivity index (χ3n) is 4.45. The van der Waals surface area contributed by atoms with E-state index in [0.29, 0.717) is 23.1 Å². The Kier molecular flexibility index (Phi) is 5.68. The number of benzene rings is 2. The van der Waals surface area contributed by atoms with E-state index in [0.717, 1.165) is 22.0 Å². The van der Waals surface area contributed by atoms with E-state index in [9.17, 15) is 4.79 Å². The summed E-state index contributed by atoms with van der Waals surface area (Å²) in [6.07, 6.45) is 0. The van der Waals surface area contributed by atoms with Crippen LogP contribution in [0.25, 0.3) is 22.0 Å². The first kappa shape index (κ1) is 19.5. The van der Waals surface area contributed by atoms with Gasteiger partial charge in [-0.25, -0.2) is 4.98 Å². The lowest BCUT2D eigenvalue weighted by atomic mass is 10.0. The summed E-state index contributed by atoms with van der Waals surface area (Å²) in [5.74, 6) is 1.87. The Morgan fingerprint density at radius 1 is 0.964 bits per heavy atom. The number of carbonyl (C=O) groups is 1. The highest BCUT2D eigenvalue weighted by molar-refractivity contribution is 5.99. The minimum absolute atomic E-state index is 0.0846. The van der Waals surface area contributed by atoms with Gasteiger partial charge in [-0.3, -0.25) is 4.79 Å². The van der Waals surface area contributed by atoms with Crippen molar-refractivity contribution in [3.63, 3.8) is 0 Å². The second kappa shape index (κ2) is 8.17. The van der Waals surface area contributed by atoms with Gasteiger partial charge in [0, 0.05) is 16.9 Å². The van der Waals surface area contributed by atoms with E-state index in [1.54, 1.807) is 21.3 Å². The molecule has 6 nitrogen and oxygen atoms in total. The summed E-state index contributed by atoms with van der Waals surface area (Å²) in [6, 6.07) is 13.5. The quantitative estimate of drug-likeness (QED) is 0.681. The molecule has 0 atom stereocenters. The molecule has 0 spiro atoms. The normalized spacial score (nSPS) is 10.8. The molecule has 3 aromatic rings. The smallest absolute Gasteiger partial charge is 0.228 e. The van der Waals surface area contributed by atoms with Crippen LogP contribution in [-0.4, -0.2) is 32.2 Å². The number of pyridine rings is 1. The molecule has 0 fully saturated rings. The molecule has 1 N–H and O–H groups in total. The van der Waals surface area contributed by atoms with Gasteiger partial charge in [0.05, 0.1) is 27.0 Å². The van der Waals surface area contributed by atoms with Gasteiger partial charge in [0.2, 0.25) is 11.7 Å². The third kappa shape index (κ3) is 3.71. The van der Waals surface area contributed by atoms with Crippen LogP contribution in [0.2, 0.25) is 0 Å². The Hall–Kier alpha value is -3.28. The topological polar surface area (TPSA) is 69.7 Å². The number of carbonyl (C=O) groups excluding carboxylic acids is 1. The Morgan fingerprint density at radius 3 is 2.18 bits per heavy atom. The molecule has 0 bridgehead atoms. The van der Waals surface area contributed by atoms with E-state index in [1.807, 2.05) is 56.3 Å². The van der Waals surface area contributed by atoms with Crippen LogP contribution in [0.3, 0.4) is 0 Å². The van der Waals surface area contributed by atoms with Crippen molar-refractivity contribution in [1.82, 2.24) is 4.98 Å². The molecule has 0 aliphatic rings. The van der Waals surface area contributed by atoms with E-state index in [-0.39, 0.29) is 11.8 Å². The van der Waals surface area contributed by atoms with Crippen molar-refractivity contribution in [3.8, 4) is 28.5 Å². The Labute approximate surface area is 164 Å². The standard InChI is InChI=1S/C22H24N2O4/c1-13(2)22(25)24-19-12-14-8-6-7-9-16(14)20(23-19)15-10-17(26-3)21(28-5)18(11-15)27-4/h6-13H,1-5H3,(H,23,24,25). The van der Waals surface area contributed by atoms with Crippen LogP contribution in [-0.2, 0) is 4.79 Å². The molecule has 1 heterocycles. The van der Waals surface area contributed by atoms with Crippen LogP contribution in [0.5, 0.6) is 17.2 Å². The summed E-state index contributed by atoms with van der Waals surface area (Å²) < 4.78 is 16.4. The number of nitrogens with zero attached hydrogens (tertiary/aromatic N) is 1. The minimum atomic E-state index is -0.141. The Balaban J connectivity index is 2.23. The Morgan fingerprint density at radius 2 is 1.61 bits per heavy atom. The van der Waals surface area contributed by atoms with Crippen molar-refractivity contribution in [1.29, 1.82) is 0 Å². The monoisotopic (exact) mass is 380 g/mol. The number of anilines is 1. The van der Waals surface area contributed by atoms with Gasteiger partial charge >= 0.3 is 0 Å². The number of nitrogens with one attached hydrogen (secondary N) is 1. The summed E-state index contributed by atoms with van der Waals surface area (Å²) in [5, 5.41) is 4.82. The molecular weight excluding hydrogens is 356 g/mol. The first-order valence-corrected chi connectivity index (χ1v) is 8.99. The number of fused-ring (bicyclic) bond motifs is 1. The number of rotatable bonds is 6. The summed E-state index contributed by atoms with van der Waals surface area (Å²) >= 11 is 0. The van der Waals surface area contributed by atoms with E-state index in [1.165, 1.54) is 0 Å². The van der Waals surface area contributed by atoms with Gasteiger partial charge in [0.1, 0.15) is 5.82 Å². The van der Waals surface area contributed by atoms with Crippen LogP contribution in [0, 0.1) is 5.92 Å². The van der Waals surface area contributed by atoms with E-state index in [4.69, 9.17) is 19.2 Å². The highest BCUT2D eigenvalue weighted by Crippen LogP contribution is 2.42. The summed E-state index contributed by atoms with van der Waals surface area (Å²) in [7, 11) is 4.72. The maximum absolute atomic E-state index is 12.2. The summed E-state index contributed by atoms with van der Waals surface area (Å²) in [5.41, 5.74) is 1.52. The average Bonchev–Trinajstić information content (AvgIpc) is 2.71. The zero-order valence-corrected chi connectivity index (χ0v) is 16.7. The maximum atomic E-state index is 12.2. The average molecular weight is 380 g/mol. The molecule has 0 radical (unpaired) electrons. The number of hydrogen-bond donors (Lipinski definition) is 1. The van der Waals surface area contributed by atoms with Gasteiger partial charge in [-0.2, -0.15) is 0 Å². The lowest BCUT2D eigenvalue weighted by Crippen LogP contribution is -2.18. The zero-order chi connectivity index (χ0) is 20.3. The number of methoxy groups -OCH3 is 3. The second-order valence-corrected chi connectivity index (χ2v) is 6.64. The number of aromatic nitrogens is 1. The van der Waals surface area contributed by atoms with Crippen LogP contribution in [0.1, 0.15) is 13.8 Å². The number of ether oxygens (including phenoxy) is 3. The number of amides is 1. The first-order valence-electron chi connectivity index (χ1n) is 8.99. The first-order chi connectivity index (χ1) is 13.5. The molecule has 28 heavy (non-hydrogen) atoms. The largest absolute Gasteiger partial charge is 0.493 e. The van der Waals surface area contributed by atoms with Crippen molar-refractivity contribution in [2.45, 2.75) is 13.8 Å². The summed E-state index contributed by atoms with van der Waals surface area (Å²) in [6.45, 7) is 3.69. The molecule has 0 saturated carbocycles. The molecule has 0 aliphatic carbocycles. The van der Waals surface area contributed by atoms with Crippen LogP contribution >= 0.6 is 0 Å². The van der Waals surface area contributed by atoms with Gasteiger partial charge < -0.3 is 19.5 Å². The van der Waals surface area contributed by atoms with Gasteiger partial charge in [-0.05, 0) is 23.6 Å². The van der Waals surface area contributed by atoms with Gasteiger partial charge in [0.25, 0.3) is 0 Å². The van der Waals surface area contributed by atoms with Crippen molar-refractivity contribution >= 4 is 22.5 Å². The lowest BCUT2D eigenvalue weighted by molar-refractivity contribution is -0.118. The minimum Gasteiger partial charge on any atom is -0.493 e. The van der Waals surface area contributed by atoms with Crippen molar-refractivity contribution in [3.05, 3.63) is 42.5 Å². The number of hydrogen-bond acceptors (Lipinski definition) is 5. The van der Waals surface area contributed by atoms with Crippen molar-refractivity contribution in [2.75, 3.05) is 26.6 Å². The molecule has 146 valence electrons. The van der Waals surface area contributed by atoms with Crippen LogP contribution < -0.4 is 19.5 Å². The summed E-state index contributed by atoms with van der Waals surface area (Å²) in [4.78, 5) is 16.9. The fourth-order valence-electron chi connectivity index (χ4n) is 2.97. The van der Waals surface area contributed by atoms with Gasteiger partial charge in [0.15, 0.2) is 11.5 Å². The van der Waals surface area contributed by atoms with Gasteiger partial charge in [-0.15, -0.1) is 0 Å². The van der Waals surface area contributed by atoms with Crippen molar-refractivity contribution < 1.29 is 19.0 Å². The van der Waals surface area contributed by atoms with Crippen LogP contribution in [0.4, 0.5) is 5.82 Å². The molecule has 0 saturated heterocycles. The van der Waals surface area contributed by atoms with E-state index < -0.39 is 0 Å². The van der Waals surface area contributed by atoms with E-state index in [2.05, 4.69) is 5.32 Å². The fourth-order valence-corrected chi connectivity index (χ4v) is 2.97. The maximum Gasteiger partial charge on any atom is 0.228 e. The van der Waals surface area contributed by atoms with Crippen molar-refractivity contribution in [2.24, 2.45) is 5.92 Å². The molecule has 3 rings (SSSR count). The highest BCUT2D eigenvalue weighted by atomic mass is 16.5. The second-order valence-electron chi connectivity index (χ2n) is 6.64. The molecule has 1 amide bonds. The van der Waals surface area contributed by atoms with Gasteiger partial charge in [-0.1, -0.05) is 38.1 Å². The SMILES string of the molecule is COc1cc(-c2nc(NC(=O)C(C)C)cc3ccccc23)cc(OC)c1OC. The highest BCUT2D eigenvalue weighted by Gasteiger charge is 2.17. The Bertz CT molecular complexity index is 990. The van der Waals surface area contributed by atoms with Crippen LogP contribution in [0.15, 0.2) is 42.5 Å².